The molecule has 3 nitrogen and oxygen atoms in total. The Morgan fingerprint density at radius 2 is 1.95 bits per heavy atom. The standard InChI is InChI=1S/C18H20N2O/c1-13(19-2)15-7-5-8-16(12-15)20-11-10-14-6-3-4-9-17(14)18(20)21/h3-9,12-13,19H,10-11H2,1-2H3. The van der Waals surface area contributed by atoms with Crippen LogP contribution in [0.5, 0.6) is 0 Å². The Morgan fingerprint density at radius 1 is 1.14 bits per heavy atom. The Labute approximate surface area is 125 Å². The van der Waals surface area contributed by atoms with E-state index in [1.165, 1.54) is 5.56 Å². The molecule has 0 fully saturated rings. The van der Waals surface area contributed by atoms with Gasteiger partial charge in [-0.25, -0.2) is 0 Å². The van der Waals surface area contributed by atoms with Crippen molar-refractivity contribution in [2.75, 3.05) is 18.5 Å². The summed E-state index contributed by atoms with van der Waals surface area (Å²) in [4.78, 5) is 14.6. The summed E-state index contributed by atoms with van der Waals surface area (Å²) in [5, 5.41) is 3.23. The molecule has 0 radical (unpaired) electrons. The second-order valence-corrected chi connectivity index (χ2v) is 5.47. The van der Waals surface area contributed by atoms with Crippen molar-refractivity contribution in [2.24, 2.45) is 0 Å². The summed E-state index contributed by atoms with van der Waals surface area (Å²) in [6.07, 6.45) is 0.910. The molecule has 0 bridgehead atoms. The second-order valence-electron chi connectivity index (χ2n) is 5.47. The lowest BCUT2D eigenvalue weighted by Crippen LogP contribution is -2.37. The van der Waals surface area contributed by atoms with Crippen LogP contribution in [0.2, 0.25) is 0 Å². The van der Waals surface area contributed by atoms with Gasteiger partial charge in [-0.3, -0.25) is 4.79 Å². The predicted octanol–water partition coefficient (Wildman–Crippen LogP) is 3.17. The van der Waals surface area contributed by atoms with Gasteiger partial charge in [0.2, 0.25) is 0 Å². The lowest BCUT2D eigenvalue weighted by atomic mass is 9.98. The number of carbonyl (C=O) groups is 1. The number of hydrogen-bond acceptors (Lipinski definition) is 2. The molecule has 0 aliphatic carbocycles. The van der Waals surface area contributed by atoms with Crippen LogP contribution in [0.25, 0.3) is 0 Å². The van der Waals surface area contributed by atoms with Gasteiger partial charge in [0, 0.05) is 23.8 Å². The number of carbonyl (C=O) groups excluding carboxylic acids is 1. The van der Waals surface area contributed by atoms with Crippen molar-refractivity contribution in [3.63, 3.8) is 0 Å². The van der Waals surface area contributed by atoms with E-state index in [9.17, 15) is 4.79 Å². The van der Waals surface area contributed by atoms with Crippen LogP contribution in [0, 0.1) is 0 Å². The quantitative estimate of drug-likeness (QED) is 0.936. The summed E-state index contributed by atoms with van der Waals surface area (Å²) in [6.45, 7) is 2.86. The van der Waals surface area contributed by atoms with Gasteiger partial charge in [-0.15, -0.1) is 0 Å². The molecule has 108 valence electrons. The number of amides is 1. The molecule has 1 unspecified atom stereocenters. The Bertz CT molecular complexity index is 666. The maximum atomic E-state index is 12.7. The molecule has 21 heavy (non-hydrogen) atoms. The number of benzene rings is 2. The molecule has 1 heterocycles. The highest BCUT2D eigenvalue weighted by atomic mass is 16.2. The first-order valence-electron chi connectivity index (χ1n) is 7.37. The van der Waals surface area contributed by atoms with Crippen molar-refractivity contribution >= 4 is 11.6 Å². The highest BCUT2D eigenvalue weighted by molar-refractivity contribution is 6.08. The van der Waals surface area contributed by atoms with Crippen LogP contribution in [0.4, 0.5) is 5.69 Å². The fourth-order valence-electron chi connectivity index (χ4n) is 2.80. The Hall–Kier alpha value is -2.13. The first-order valence-corrected chi connectivity index (χ1v) is 7.37. The summed E-state index contributed by atoms with van der Waals surface area (Å²) in [5.41, 5.74) is 4.16. The van der Waals surface area contributed by atoms with Crippen molar-refractivity contribution in [3.05, 3.63) is 65.2 Å². The maximum absolute atomic E-state index is 12.7. The largest absolute Gasteiger partial charge is 0.313 e. The van der Waals surface area contributed by atoms with E-state index in [-0.39, 0.29) is 11.9 Å². The van der Waals surface area contributed by atoms with E-state index in [0.717, 1.165) is 29.8 Å². The molecule has 1 N–H and O–H groups in total. The van der Waals surface area contributed by atoms with Crippen molar-refractivity contribution in [1.29, 1.82) is 0 Å². The van der Waals surface area contributed by atoms with Gasteiger partial charge in [-0.05, 0) is 49.7 Å². The zero-order valence-corrected chi connectivity index (χ0v) is 12.5. The third-order valence-electron chi connectivity index (χ3n) is 4.21. The number of hydrogen-bond donors (Lipinski definition) is 1. The lowest BCUT2D eigenvalue weighted by molar-refractivity contribution is 0.0980. The average molecular weight is 280 g/mol. The number of rotatable bonds is 3. The van der Waals surface area contributed by atoms with Crippen molar-refractivity contribution < 1.29 is 4.79 Å². The van der Waals surface area contributed by atoms with E-state index in [1.54, 1.807) is 0 Å². The highest BCUT2D eigenvalue weighted by Crippen LogP contribution is 2.26. The zero-order chi connectivity index (χ0) is 14.8. The molecule has 3 rings (SSSR count). The number of nitrogens with zero attached hydrogens (tertiary/aromatic N) is 1. The van der Waals surface area contributed by atoms with Crippen molar-refractivity contribution in [3.8, 4) is 0 Å². The van der Waals surface area contributed by atoms with Crippen molar-refractivity contribution in [2.45, 2.75) is 19.4 Å². The second kappa shape index (κ2) is 5.70. The van der Waals surface area contributed by atoms with Gasteiger partial charge in [-0.1, -0.05) is 30.3 Å². The number of nitrogens with one attached hydrogen (secondary N) is 1. The highest BCUT2D eigenvalue weighted by Gasteiger charge is 2.25. The van der Waals surface area contributed by atoms with Gasteiger partial charge in [0.15, 0.2) is 0 Å². The van der Waals surface area contributed by atoms with E-state index < -0.39 is 0 Å². The minimum Gasteiger partial charge on any atom is -0.313 e. The van der Waals surface area contributed by atoms with E-state index in [1.807, 2.05) is 48.3 Å². The molecule has 1 atom stereocenters. The van der Waals surface area contributed by atoms with Crippen LogP contribution >= 0.6 is 0 Å². The minimum absolute atomic E-state index is 0.103. The Morgan fingerprint density at radius 3 is 2.76 bits per heavy atom. The summed E-state index contributed by atoms with van der Waals surface area (Å²) in [7, 11) is 1.94. The Kier molecular flexibility index (Phi) is 3.76. The lowest BCUT2D eigenvalue weighted by Gasteiger charge is -2.29. The topological polar surface area (TPSA) is 32.3 Å². The molecule has 2 aromatic carbocycles. The molecule has 1 amide bonds. The fraction of sp³-hybridized carbons (Fsp3) is 0.278. The molecule has 2 aromatic rings. The van der Waals surface area contributed by atoms with Crippen LogP contribution in [0.3, 0.4) is 0 Å². The van der Waals surface area contributed by atoms with Gasteiger partial charge in [-0.2, -0.15) is 0 Å². The third kappa shape index (κ3) is 2.57. The molecule has 3 heteroatoms. The molecule has 1 aliphatic rings. The summed E-state index contributed by atoms with van der Waals surface area (Å²) < 4.78 is 0. The first kappa shape index (κ1) is 13.8. The van der Waals surface area contributed by atoms with E-state index in [0.29, 0.717) is 0 Å². The Balaban J connectivity index is 1.94. The van der Waals surface area contributed by atoms with Crippen LogP contribution in [-0.4, -0.2) is 19.5 Å². The molecule has 0 saturated carbocycles. The van der Waals surface area contributed by atoms with Crippen LogP contribution in [0.15, 0.2) is 48.5 Å². The number of anilines is 1. The molecular weight excluding hydrogens is 260 g/mol. The van der Waals surface area contributed by atoms with Crippen LogP contribution in [-0.2, 0) is 6.42 Å². The fourth-order valence-corrected chi connectivity index (χ4v) is 2.80. The van der Waals surface area contributed by atoms with Crippen LogP contribution < -0.4 is 10.2 Å². The zero-order valence-electron chi connectivity index (χ0n) is 12.5. The monoisotopic (exact) mass is 280 g/mol. The molecule has 0 saturated heterocycles. The third-order valence-corrected chi connectivity index (χ3v) is 4.21. The van der Waals surface area contributed by atoms with Crippen molar-refractivity contribution in [1.82, 2.24) is 5.32 Å². The van der Waals surface area contributed by atoms with Crippen LogP contribution in [0.1, 0.15) is 34.5 Å². The molecule has 1 aliphatic heterocycles. The molecular formula is C18H20N2O. The normalized spacial score (nSPS) is 15.7. The summed E-state index contributed by atoms with van der Waals surface area (Å²) in [6, 6.07) is 16.4. The number of fused-ring (bicyclic) bond motifs is 1. The average Bonchev–Trinajstić information content (AvgIpc) is 2.55. The smallest absolute Gasteiger partial charge is 0.258 e. The summed E-state index contributed by atoms with van der Waals surface area (Å²) in [5.74, 6) is 0.103. The summed E-state index contributed by atoms with van der Waals surface area (Å²) >= 11 is 0. The predicted molar refractivity (Wildman–Crippen MR) is 85.7 cm³/mol. The molecule has 0 aromatic heterocycles. The van der Waals surface area contributed by atoms with E-state index >= 15 is 0 Å². The minimum atomic E-state index is 0.103. The van der Waals surface area contributed by atoms with Gasteiger partial charge in [0.25, 0.3) is 5.91 Å². The van der Waals surface area contributed by atoms with Gasteiger partial charge < -0.3 is 10.2 Å². The van der Waals surface area contributed by atoms with Gasteiger partial charge in [0.1, 0.15) is 0 Å². The van der Waals surface area contributed by atoms with E-state index in [2.05, 4.69) is 24.4 Å². The van der Waals surface area contributed by atoms with Gasteiger partial charge in [0.05, 0.1) is 0 Å². The molecule has 0 spiro atoms. The first-order chi connectivity index (χ1) is 10.2. The van der Waals surface area contributed by atoms with E-state index in [4.69, 9.17) is 0 Å². The SMILES string of the molecule is CNC(C)c1cccc(N2CCc3ccccc3C2=O)c1. The van der Waals surface area contributed by atoms with Gasteiger partial charge >= 0.3 is 0 Å². The maximum Gasteiger partial charge on any atom is 0.258 e.